The Morgan fingerprint density at radius 3 is 2.56 bits per heavy atom. The van der Waals surface area contributed by atoms with Gasteiger partial charge in [0.05, 0.1) is 0 Å². The van der Waals surface area contributed by atoms with E-state index in [1.807, 2.05) is 19.1 Å². The van der Waals surface area contributed by atoms with Crippen LogP contribution >= 0.6 is 11.6 Å². The number of piperidine rings is 1. The third-order valence-electron chi connectivity index (χ3n) is 3.18. The lowest BCUT2D eigenvalue weighted by atomic mass is 10.0. The molecule has 3 heteroatoms. The Kier molecular flexibility index (Phi) is 3.72. The van der Waals surface area contributed by atoms with E-state index in [1.54, 1.807) is 0 Å². The molecule has 0 aliphatic carbocycles. The third kappa shape index (κ3) is 2.50. The van der Waals surface area contributed by atoms with Gasteiger partial charge in [-0.05, 0) is 43.9 Å². The molecule has 0 bridgehead atoms. The minimum Gasteiger partial charge on any atom is -0.371 e. The Bertz CT molecular complexity index is 357. The van der Waals surface area contributed by atoms with Crippen LogP contribution in [-0.2, 0) is 0 Å². The predicted octanol–water partition coefficient (Wildman–Crippen LogP) is 3.35. The first-order chi connectivity index (χ1) is 7.68. The highest BCUT2D eigenvalue weighted by Crippen LogP contribution is 2.30. The molecular formula is C13H19ClN2. The van der Waals surface area contributed by atoms with Gasteiger partial charge in [-0.2, -0.15) is 0 Å². The van der Waals surface area contributed by atoms with Crippen LogP contribution < -0.4 is 10.6 Å². The van der Waals surface area contributed by atoms with Crippen molar-refractivity contribution in [2.45, 2.75) is 32.2 Å². The Morgan fingerprint density at radius 1 is 1.25 bits per heavy atom. The van der Waals surface area contributed by atoms with E-state index in [2.05, 4.69) is 11.0 Å². The minimum atomic E-state index is 0.0641. The molecule has 0 spiro atoms. The highest BCUT2D eigenvalue weighted by molar-refractivity contribution is 6.30. The molecule has 1 aromatic carbocycles. The fourth-order valence-corrected chi connectivity index (χ4v) is 2.48. The van der Waals surface area contributed by atoms with E-state index in [0.717, 1.165) is 18.1 Å². The zero-order valence-electron chi connectivity index (χ0n) is 9.75. The van der Waals surface area contributed by atoms with Gasteiger partial charge >= 0.3 is 0 Å². The van der Waals surface area contributed by atoms with Gasteiger partial charge in [0, 0.05) is 29.8 Å². The quantitative estimate of drug-likeness (QED) is 0.856. The molecule has 2 rings (SSSR count). The summed E-state index contributed by atoms with van der Waals surface area (Å²) < 4.78 is 0. The van der Waals surface area contributed by atoms with Crippen LogP contribution in [0, 0.1) is 0 Å². The number of hydrogen-bond acceptors (Lipinski definition) is 2. The molecule has 0 radical (unpaired) electrons. The summed E-state index contributed by atoms with van der Waals surface area (Å²) in [6, 6.07) is 6.09. The minimum absolute atomic E-state index is 0.0641. The Balaban J connectivity index is 2.32. The zero-order valence-corrected chi connectivity index (χ0v) is 10.5. The Hall–Kier alpha value is -0.730. The molecule has 88 valence electrons. The van der Waals surface area contributed by atoms with Gasteiger partial charge in [-0.1, -0.05) is 17.7 Å². The molecule has 2 N–H and O–H groups in total. The van der Waals surface area contributed by atoms with Crippen molar-refractivity contribution >= 4 is 17.3 Å². The highest BCUT2D eigenvalue weighted by Gasteiger charge is 2.16. The molecule has 1 aromatic rings. The van der Waals surface area contributed by atoms with E-state index in [1.165, 1.54) is 30.5 Å². The second-order valence-electron chi connectivity index (χ2n) is 4.54. The maximum Gasteiger partial charge on any atom is 0.0429 e. The molecule has 0 saturated carbocycles. The molecule has 1 fully saturated rings. The van der Waals surface area contributed by atoms with Crippen LogP contribution in [0.15, 0.2) is 18.2 Å². The number of halogens is 1. The summed E-state index contributed by atoms with van der Waals surface area (Å²) in [4.78, 5) is 2.41. The van der Waals surface area contributed by atoms with Crippen molar-refractivity contribution in [3.8, 4) is 0 Å². The van der Waals surface area contributed by atoms with Crippen LogP contribution in [0.5, 0.6) is 0 Å². The summed E-state index contributed by atoms with van der Waals surface area (Å²) in [6.45, 7) is 4.27. The highest BCUT2D eigenvalue weighted by atomic mass is 35.5. The molecule has 2 nitrogen and oxygen atoms in total. The normalized spacial score (nSPS) is 18.6. The summed E-state index contributed by atoms with van der Waals surface area (Å²) in [5, 5.41) is 0.796. The fourth-order valence-electron chi connectivity index (χ4n) is 2.31. The Labute approximate surface area is 102 Å². The first-order valence-electron chi connectivity index (χ1n) is 5.98. The van der Waals surface area contributed by atoms with Crippen molar-refractivity contribution in [3.05, 3.63) is 28.8 Å². The molecule has 0 aromatic heterocycles. The van der Waals surface area contributed by atoms with Gasteiger partial charge < -0.3 is 10.6 Å². The predicted molar refractivity (Wildman–Crippen MR) is 70.1 cm³/mol. The molecule has 1 aliphatic rings. The number of hydrogen-bond donors (Lipinski definition) is 1. The summed E-state index contributed by atoms with van der Waals surface area (Å²) in [7, 11) is 0. The van der Waals surface area contributed by atoms with Crippen LogP contribution in [0.25, 0.3) is 0 Å². The maximum atomic E-state index is 6.07. The average molecular weight is 239 g/mol. The van der Waals surface area contributed by atoms with Crippen molar-refractivity contribution in [2.24, 2.45) is 5.73 Å². The number of nitrogens with two attached hydrogens (primary N) is 1. The third-order valence-corrected chi connectivity index (χ3v) is 3.41. The van der Waals surface area contributed by atoms with Gasteiger partial charge in [0.2, 0.25) is 0 Å². The molecule has 1 aliphatic heterocycles. The second kappa shape index (κ2) is 5.07. The molecule has 1 atom stereocenters. The maximum absolute atomic E-state index is 6.07. The van der Waals surface area contributed by atoms with E-state index in [0.29, 0.717) is 0 Å². The van der Waals surface area contributed by atoms with Gasteiger partial charge in [-0.15, -0.1) is 0 Å². The standard InChI is InChI=1S/C13H19ClN2/c1-10(15)12-6-5-11(14)9-13(12)16-7-3-2-4-8-16/h5-6,9-10H,2-4,7-8,15H2,1H3. The number of benzene rings is 1. The number of nitrogens with zero attached hydrogens (tertiary/aromatic N) is 1. The van der Waals surface area contributed by atoms with Crippen molar-refractivity contribution in [2.75, 3.05) is 18.0 Å². The largest absolute Gasteiger partial charge is 0.371 e. The lowest BCUT2D eigenvalue weighted by Gasteiger charge is -2.31. The Morgan fingerprint density at radius 2 is 1.94 bits per heavy atom. The topological polar surface area (TPSA) is 29.3 Å². The molecular weight excluding hydrogens is 220 g/mol. The smallest absolute Gasteiger partial charge is 0.0429 e. The molecule has 0 amide bonds. The fraction of sp³-hybridized carbons (Fsp3) is 0.538. The summed E-state index contributed by atoms with van der Waals surface area (Å²) in [5.74, 6) is 0. The van der Waals surface area contributed by atoms with Crippen LogP contribution in [0.2, 0.25) is 5.02 Å². The number of rotatable bonds is 2. The zero-order chi connectivity index (χ0) is 11.5. The summed E-state index contributed by atoms with van der Waals surface area (Å²) in [5.41, 5.74) is 8.43. The molecule has 1 unspecified atom stereocenters. The van der Waals surface area contributed by atoms with Crippen LogP contribution in [0.4, 0.5) is 5.69 Å². The van der Waals surface area contributed by atoms with Crippen molar-refractivity contribution < 1.29 is 0 Å². The molecule has 16 heavy (non-hydrogen) atoms. The van der Waals surface area contributed by atoms with Crippen molar-refractivity contribution in [1.29, 1.82) is 0 Å². The lowest BCUT2D eigenvalue weighted by molar-refractivity contribution is 0.575. The van der Waals surface area contributed by atoms with Gasteiger partial charge in [0.15, 0.2) is 0 Å². The second-order valence-corrected chi connectivity index (χ2v) is 4.98. The van der Waals surface area contributed by atoms with Gasteiger partial charge in [-0.25, -0.2) is 0 Å². The van der Waals surface area contributed by atoms with E-state index >= 15 is 0 Å². The first-order valence-corrected chi connectivity index (χ1v) is 6.36. The van der Waals surface area contributed by atoms with E-state index in [-0.39, 0.29) is 6.04 Å². The van der Waals surface area contributed by atoms with Crippen LogP contribution in [0.3, 0.4) is 0 Å². The van der Waals surface area contributed by atoms with Gasteiger partial charge in [0.1, 0.15) is 0 Å². The first kappa shape index (κ1) is 11.7. The van der Waals surface area contributed by atoms with E-state index < -0.39 is 0 Å². The van der Waals surface area contributed by atoms with Crippen LogP contribution in [-0.4, -0.2) is 13.1 Å². The number of anilines is 1. The molecule has 1 saturated heterocycles. The SMILES string of the molecule is CC(N)c1ccc(Cl)cc1N1CCCCC1. The average Bonchev–Trinajstić information content (AvgIpc) is 2.29. The summed E-state index contributed by atoms with van der Waals surface area (Å²) >= 11 is 6.07. The monoisotopic (exact) mass is 238 g/mol. The van der Waals surface area contributed by atoms with Gasteiger partial charge in [-0.3, -0.25) is 0 Å². The van der Waals surface area contributed by atoms with Crippen LogP contribution in [0.1, 0.15) is 37.8 Å². The molecule has 1 heterocycles. The van der Waals surface area contributed by atoms with Crippen molar-refractivity contribution in [1.82, 2.24) is 0 Å². The van der Waals surface area contributed by atoms with Crippen molar-refractivity contribution in [3.63, 3.8) is 0 Å². The van der Waals surface area contributed by atoms with Gasteiger partial charge in [0.25, 0.3) is 0 Å². The van der Waals surface area contributed by atoms with E-state index in [9.17, 15) is 0 Å². The summed E-state index contributed by atoms with van der Waals surface area (Å²) in [6.07, 6.45) is 3.88. The lowest BCUT2D eigenvalue weighted by Crippen LogP contribution is -2.30. The van der Waals surface area contributed by atoms with E-state index in [4.69, 9.17) is 17.3 Å².